The van der Waals surface area contributed by atoms with Gasteiger partial charge in [-0.15, -0.1) is 0 Å². The Morgan fingerprint density at radius 1 is 1.29 bits per heavy atom. The molecule has 0 saturated carbocycles. The van der Waals surface area contributed by atoms with E-state index in [-0.39, 0.29) is 6.09 Å². The van der Waals surface area contributed by atoms with Gasteiger partial charge in [0.25, 0.3) is 0 Å². The van der Waals surface area contributed by atoms with Crippen molar-refractivity contribution in [2.75, 3.05) is 39.9 Å². The summed E-state index contributed by atoms with van der Waals surface area (Å²) in [5.41, 5.74) is -0.410. The topological polar surface area (TPSA) is 42.0 Å². The molecule has 0 N–H and O–H groups in total. The molecule has 2 saturated heterocycles. The van der Waals surface area contributed by atoms with E-state index in [0.29, 0.717) is 12.0 Å². The minimum Gasteiger partial charge on any atom is -0.444 e. The molecule has 0 aromatic carbocycles. The second-order valence-corrected chi connectivity index (χ2v) is 7.37. The van der Waals surface area contributed by atoms with Crippen molar-refractivity contribution >= 4 is 6.09 Å². The summed E-state index contributed by atoms with van der Waals surface area (Å²) in [6, 6.07) is 0.573. The van der Waals surface area contributed by atoms with Crippen LogP contribution in [0.1, 0.15) is 40.0 Å². The monoisotopic (exact) mass is 298 g/mol. The molecule has 21 heavy (non-hydrogen) atoms. The lowest BCUT2D eigenvalue weighted by Crippen LogP contribution is -2.47. The van der Waals surface area contributed by atoms with E-state index >= 15 is 0 Å². The van der Waals surface area contributed by atoms with Crippen molar-refractivity contribution < 1.29 is 14.3 Å². The molecule has 2 aliphatic heterocycles. The maximum absolute atomic E-state index is 12.0. The van der Waals surface area contributed by atoms with E-state index in [2.05, 4.69) is 11.9 Å². The van der Waals surface area contributed by atoms with Gasteiger partial charge in [-0.3, -0.25) is 0 Å². The number of amides is 1. The van der Waals surface area contributed by atoms with E-state index in [1.54, 1.807) is 0 Å². The highest BCUT2D eigenvalue weighted by Crippen LogP contribution is 2.21. The highest BCUT2D eigenvalue weighted by atomic mass is 16.6. The molecule has 0 aromatic rings. The van der Waals surface area contributed by atoms with Crippen LogP contribution in [-0.2, 0) is 9.47 Å². The summed E-state index contributed by atoms with van der Waals surface area (Å²) in [7, 11) is 2.20. The largest absolute Gasteiger partial charge is 0.444 e. The number of piperidine rings is 1. The van der Waals surface area contributed by atoms with Gasteiger partial charge in [0.15, 0.2) is 0 Å². The number of hydrogen-bond acceptors (Lipinski definition) is 4. The zero-order chi connectivity index (χ0) is 15.5. The van der Waals surface area contributed by atoms with Crippen molar-refractivity contribution in [3.63, 3.8) is 0 Å². The molecule has 122 valence electrons. The molecular formula is C16H30N2O3. The first-order valence-electron chi connectivity index (χ1n) is 8.11. The minimum absolute atomic E-state index is 0.173. The molecule has 0 unspecified atom stereocenters. The van der Waals surface area contributed by atoms with Crippen molar-refractivity contribution in [2.45, 2.75) is 51.7 Å². The number of carbonyl (C=O) groups is 1. The lowest BCUT2D eigenvalue weighted by molar-refractivity contribution is 0.0149. The fourth-order valence-electron chi connectivity index (χ4n) is 3.10. The van der Waals surface area contributed by atoms with Crippen LogP contribution in [0.4, 0.5) is 4.79 Å². The van der Waals surface area contributed by atoms with E-state index in [9.17, 15) is 4.79 Å². The smallest absolute Gasteiger partial charge is 0.410 e. The molecule has 0 aromatic heterocycles. The fraction of sp³-hybridized carbons (Fsp3) is 0.938. The van der Waals surface area contributed by atoms with E-state index in [1.165, 1.54) is 6.42 Å². The van der Waals surface area contributed by atoms with Gasteiger partial charge in [0.2, 0.25) is 0 Å². The van der Waals surface area contributed by atoms with Crippen molar-refractivity contribution in [1.29, 1.82) is 0 Å². The van der Waals surface area contributed by atoms with Gasteiger partial charge in [-0.2, -0.15) is 0 Å². The Morgan fingerprint density at radius 2 is 1.95 bits per heavy atom. The van der Waals surface area contributed by atoms with Crippen molar-refractivity contribution in [2.24, 2.45) is 5.92 Å². The van der Waals surface area contributed by atoms with E-state index in [1.807, 2.05) is 25.7 Å². The second-order valence-electron chi connectivity index (χ2n) is 7.37. The average Bonchev–Trinajstić information content (AvgIpc) is 2.90. The van der Waals surface area contributed by atoms with E-state index in [4.69, 9.17) is 9.47 Å². The number of hydrogen-bond donors (Lipinski definition) is 0. The van der Waals surface area contributed by atoms with Gasteiger partial charge in [-0.25, -0.2) is 4.79 Å². The van der Waals surface area contributed by atoms with Crippen LogP contribution in [-0.4, -0.2) is 67.4 Å². The average molecular weight is 298 g/mol. The lowest BCUT2D eigenvalue weighted by Gasteiger charge is -2.38. The van der Waals surface area contributed by atoms with Crippen LogP contribution >= 0.6 is 0 Å². The molecule has 2 fully saturated rings. The third kappa shape index (κ3) is 5.15. The van der Waals surface area contributed by atoms with Crippen LogP contribution < -0.4 is 0 Å². The normalized spacial score (nSPS) is 24.6. The van der Waals surface area contributed by atoms with Gasteiger partial charge in [-0.1, -0.05) is 0 Å². The summed E-state index contributed by atoms with van der Waals surface area (Å²) in [5.74, 6) is 0.680. The fourth-order valence-corrected chi connectivity index (χ4v) is 3.10. The standard InChI is InChI=1S/C16H30N2O3/c1-16(2,3)21-15(19)18-8-5-14(6-9-18)17(4)11-13-7-10-20-12-13/h13-14H,5-12H2,1-4H3/t13-/m1/s1. The molecule has 2 heterocycles. The van der Waals surface area contributed by atoms with Gasteiger partial charge in [0.05, 0.1) is 6.61 Å². The van der Waals surface area contributed by atoms with Crippen LogP contribution in [0.5, 0.6) is 0 Å². The van der Waals surface area contributed by atoms with Crippen molar-refractivity contribution in [1.82, 2.24) is 9.80 Å². The first-order valence-corrected chi connectivity index (χ1v) is 8.11. The zero-order valence-corrected chi connectivity index (χ0v) is 13.9. The lowest BCUT2D eigenvalue weighted by atomic mass is 10.0. The molecular weight excluding hydrogens is 268 g/mol. The van der Waals surface area contributed by atoms with Gasteiger partial charge in [0.1, 0.15) is 5.60 Å². The number of likely N-dealkylation sites (tertiary alicyclic amines) is 1. The second kappa shape index (κ2) is 6.97. The van der Waals surface area contributed by atoms with E-state index < -0.39 is 5.60 Å². The van der Waals surface area contributed by atoms with E-state index in [0.717, 1.165) is 45.7 Å². The predicted octanol–water partition coefficient (Wildman–Crippen LogP) is 2.35. The summed E-state index contributed by atoms with van der Waals surface area (Å²) < 4.78 is 10.9. The van der Waals surface area contributed by atoms with Crippen LogP contribution in [0.15, 0.2) is 0 Å². The van der Waals surface area contributed by atoms with Crippen molar-refractivity contribution in [3.8, 4) is 0 Å². The maximum Gasteiger partial charge on any atom is 0.410 e. The molecule has 0 bridgehead atoms. The number of rotatable bonds is 3. The van der Waals surface area contributed by atoms with Crippen molar-refractivity contribution in [3.05, 3.63) is 0 Å². The molecule has 2 rings (SSSR count). The summed E-state index contributed by atoms with van der Waals surface area (Å²) in [6.07, 6.45) is 3.07. The van der Waals surface area contributed by atoms with Gasteiger partial charge in [0, 0.05) is 32.3 Å². The van der Waals surface area contributed by atoms with Crippen LogP contribution in [0.2, 0.25) is 0 Å². The van der Waals surface area contributed by atoms with Gasteiger partial charge < -0.3 is 19.3 Å². The highest BCUT2D eigenvalue weighted by Gasteiger charge is 2.29. The first kappa shape index (κ1) is 16.6. The Hall–Kier alpha value is -0.810. The molecule has 0 radical (unpaired) electrons. The Morgan fingerprint density at radius 3 is 2.48 bits per heavy atom. The molecule has 5 heteroatoms. The maximum atomic E-state index is 12.0. The van der Waals surface area contributed by atoms with Gasteiger partial charge >= 0.3 is 6.09 Å². The molecule has 5 nitrogen and oxygen atoms in total. The summed E-state index contributed by atoms with van der Waals surface area (Å²) in [6.45, 7) is 10.3. The number of nitrogens with zero attached hydrogens (tertiary/aromatic N) is 2. The summed E-state index contributed by atoms with van der Waals surface area (Å²) in [4.78, 5) is 16.3. The van der Waals surface area contributed by atoms with Crippen LogP contribution in [0.3, 0.4) is 0 Å². The Bertz CT molecular complexity index is 340. The molecule has 0 aliphatic carbocycles. The van der Waals surface area contributed by atoms with Crippen LogP contribution in [0, 0.1) is 5.92 Å². The Labute approximate surface area is 128 Å². The first-order chi connectivity index (χ1) is 9.85. The minimum atomic E-state index is -0.410. The third-order valence-corrected chi connectivity index (χ3v) is 4.31. The summed E-state index contributed by atoms with van der Waals surface area (Å²) in [5, 5.41) is 0. The SMILES string of the molecule is CN(C[C@H]1CCOC1)C1CCN(C(=O)OC(C)(C)C)CC1. The Kier molecular flexibility index (Phi) is 5.49. The Balaban J connectivity index is 1.73. The molecule has 2 aliphatic rings. The molecule has 1 amide bonds. The van der Waals surface area contributed by atoms with Gasteiger partial charge in [-0.05, 0) is 53.0 Å². The third-order valence-electron chi connectivity index (χ3n) is 4.31. The number of carbonyl (C=O) groups excluding carboxylic acids is 1. The summed E-state index contributed by atoms with van der Waals surface area (Å²) >= 11 is 0. The quantitative estimate of drug-likeness (QED) is 0.802. The predicted molar refractivity (Wildman–Crippen MR) is 82.4 cm³/mol. The zero-order valence-electron chi connectivity index (χ0n) is 13.9. The highest BCUT2D eigenvalue weighted by molar-refractivity contribution is 5.68. The molecule has 0 spiro atoms. The van der Waals surface area contributed by atoms with Crippen LogP contribution in [0.25, 0.3) is 0 Å². The number of ether oxygens (including phenoxy) is 2. The molecule has 1 atom stereocenters.